The van der Waals surface area contributed by atoms with E-state index >= 15 is 0 Å². The molecular weight excluding hydrogens is 220 g/mol. The molecule has 0 amide bonds. The number of nitrogens with one attached hydrogen (secondary N) is 1. The Balaban J connectivity index is 2.06. The highest BCUT2D eigenvalue weighted by Gasteiger charge is 2.49. The number of rotatable bonds is 5. The van der Waals surface area contributed by atoms with Crippen molar-refractivity contribution in [2.45, 2.75) is 46.0 Å². The zero-order chi connectivity index (χ0) is 13.2. The second-order valence-electron chi connectivity index (χ2n) is 7.06. The molecule has 0 atom stereocenters. The highest BCUT2D eigenvalue weighted by atomic mass is 14.9. The summed E-state index contributed by atoms with van der Waals surface area (Å²) in [6.07, 6.45) is 6.39. The maximum Gasteiger partial charge on any atom is 0.0270 e. The van der Waals surface area contributed by atoms with Gasteiger partial charge in [-0.05, 0) is 48.4 Å². The Morgan fingerprint density at radius 1 is 1.22 bits per heavy atom. The lowest BCUT2D eigenvalue weighted by Gasteiger charge is -2.54. The Morgan fingerprint density at radius 2 is 1.83 bits per heavy atom. The van der Waals surface area contributed by atoms with Crippen LogP contribution in [0.5, 0.6) is 0 Å². The fraction of sp³-hybridized carbons (Fsp3) is 0.688. The van der Waals surface area contributed by atoms with Crippen molar-refractivity contribution in [3.8, 4) is 0 Å². The van der Waals surface area contributed by atoms with Gasteiger partial charge in [-0.3, -0.25) is 4.98 Å². The third-order valence-electron chi connectivity index (χ3n) is 3.94. The van der Waals surface area contributed by atoms with E-state index in [4.69, 9.17) is 0 Å². The van der Waals surface area contributed by atoms with Crippen LogP contribution in [0, 0.1) is 11.3 Å². The Labute approximate surface area is 111 Å². The molecule has 1 aromatic heterocycles. The number of pyridine rings is 1. The van der Waals surface area contributed by atoms with Gasteiger partial charge < -0.3 is 5.32 Å². The summed E-state index contributed by atoms with van der Waals surface area (Å²) >= 11 is 0. The van der Waals surface area contributed by atoms with Crippen molar-refractivity contribution < 1.29 is 0 Å². The topological polar surface area (TPSA) is 24.9 Å². The molecule has 0 saturated heterocycles. The molecule has 0 aliphatic heterocycles. The first kappa shape index (κ1) is 13.5. The van der Waals surface area contributed by atoms with Gasteiger partial charge >= 0.3 is 0 Å². The summed E-state index contributed by atoms with van der Waals surface area (Å²) < 4.78 is 0. The van der Waals surface area contributed by atoms with Crippen molar-refractivity contribution in [2.24, 2.45) is 11.3 Å². The van der Waals surface area contributed by atoms with Gasteiger partial charge in [0.05, 0.1) is 0 Å². The Hall–Kier alpha value is -0.890. The fourth-order valence-electron chi connectivity index (χ4n) is 3.52. The highest BCUT2D eigenvalue weighted by Crippen LogP contribution is 2.54. The van der Waals surface area contributed by atoms with Crippen LogP contribution in [0.15, 0.2) is 24.5 Å². The van der Waals surface area contributed by atoms with E-state index in [1.165, 1.54) is 18.4 Å². The van der Waals surface area contributed by atoms with Crippen LogP contribution in [-0.2, 0) is 5.41 Å². The summed E-state index contributed by atoms with van der Waals surface area (Å²) in [4.78, 5) is 4.14. The van der Waals surface area contributed by atoms with Gasteiger partial charge in [-0.25, -0.2) is 0 Å². The van der Waals surface area contributed by atoms with Crippen molar-refractivity contribution >= 4 is 0 Å². The first-order chi connectivity index (χ1) is 8.44. The first-order valence-electron chi connectivity index (χ1n) is 7.05. The first-order valence-corrected chi connectivity index (χ1v) is 7.05. The van der Waals surface area contributed by atoms with Gasteiger partial charge in [0.25, 0.3) is 0 Å². The summed E-state index contributed by atoms with van der Waals surface area (Å²) in [5, 5.41) is 3.64. The number of aromatic nitrogens is 1. The minimum Gasteiger partial charge on any atom is -0.316 e. The van der Waals surface area contributed by atoms with E-state index in [1.54, 1.807) is 0 Å². The monoisotopic (exact) mass is 246 g/mol. The number of hydrogen-bond acceptors (Lipinski definition) is 2. The molecule has 0 bridgehead atoms. The molecule has 1 aliphatic rings. The minimum absolute atomic E-state index is 0.335. The van der Waals surface area contributed by atoms with Gasteiger partial charge in [0.15, 0.2) is 0 Å². The number of hydrogen-bond donors (Lipinski definition) is 1. The molecule has 2 heteroatoms. The zero-order valence-corrected chi connectivity index (χ0v) is 12.2. The predicted octanol–water partition coefficient (Wildman–Crippen LogP) is 3.39. The molecule has 0 radical (unpaired) electrons. The van der Waals surface area contributed by atoms with Gasteiger partial charge in [0.1, 0.15) is 0 Å². The molecule has 0 unspecified atom stereocenters. The maximum atomic E-state index is 4.14. The van der Waals surface area contributed by atoms with Crippen LogP contribution in [0.25, 0.3) is 0 Å². The molecule has 1 saturated carbocycles. The van der Waals surface area contributed by atoms with Gasteiger partial charge in [-0.15, -0.1) is 0 Å². The van der Waals surface area contributed by atoms with Crippen molar-refractivity contribution in [2.75, 3.05) is 13.1 Å². The van der Waals surface area contributed by atoms with Crippen molar-refractivity contribution in [1.29, 1.82) is 0 Å². The number of nitrogens with zero attached hydrogens (tertiary/aromatic N) is 1. The van der Waals surface area contributed by atoms with Crippen LogP contribution < -0.4 is 5.32 Å². The van der Waals surface area contributed by atoms with Crippen molar-refractivity contribution in [3.05, 3.63) is 30.1 Å². The minimum atomic E-state index is 0.335. The summed E-state index contributed by atoms with van der Waals surface area (Å²) in [5.41, 5.74) is 2.28. The van der Waals surface area contributed by atoms with Gasteiger partial charge in [0.2, 0.25) is 0 Å². The van der Waals surface area contributed by atoms with Crippen LogP contribution in [0.3, 0.4) is 0 Å². The van der Waals surface area contributed by atoms with Crippen LogP contribution in [0.1, 0.15) is 46.1 Å². The lowest BCUT2D eigenvalue weighted by molar-refractivity contribution is 0.0558. The normalized spacial score (nSPS) is 20.7. The fourth-order valence-corrected chi connectivity index (χ4v) is 3.52. The molecule has 1 N–H and O–H groups in total. The summed E-state index contributed by atoms with van der Waals surface area (Å²) in [6.45, 7) is 11.5. The Bertz CT molecular complexity index is 373. The van der Waals surface area contributed by atoms with E-state index in [9.17, 15) is 0 Å². The highest BCUT2D eigenvalue weighted by molar-refractivity contribution is 5.29. The second-order valence-corrected chi connectivity index (χ2v) is 7.06. The van der Waals surface area contributed by atoms with E-state index < -0.39 is 0 Å². The van der Waals surface area contributed by atoms with Crippen LogP contribution in [0.2, 0.25) is 0 Å². The maximum absolute atomic E-state index is 4.14. The van der Waals surface area contributed by atoms with Crippen molar-refractivity contribution in [1.82, 2.24) is 10.3 Å². The molecule has 1 heterocycles. The van der Waals surface area contributed by atoms with E-state index in [1.807, 2.05) is 12.4 Å². The van der Waals surface area contributed by atoms with E-state index in [-0.39, 0.29) is 0 Å². The van der Waals surface area contributed by atoms with Crippen LogP contribution in [0.4, 0.5) is 0 Å². The second kappa shape index (κ2) is 5.00. The lowest BCUT2D eigenvalue weighted by atomic mass is 9.52. The van der Waals surface area contributed by atoms with Crippen molar-refractivity contribution in [3.63, 3.8) is 0 Å². The van der Waals surface area contributed by atoms with E-state index in [2.05, 4.69) is 50.1 Å². The summed E-state index contributed by atoms with van der Waals surface area (Å²) in [6, 6.07) is 4.37. The average molecular weight is 246 g/mol. The molecule has 1 aliphatic carbocycles. The SMILES string of the molecule is CC(C)CNCC1(c2ccncc2)CC(C)(C)C1. The molecule has 100 valence electrons. The smallest absolute Gasteiger partial charge is 0.0270 e. The van der Waals surface area contributed by atoms with Crippen LogP contribution >= 0.6 is 0 Å². The largest absolute Gasteiger partial charge is 0.316 e. The van der Waals surface area contributed by atoms with E-state index in [0.29, 0.717) is 16.7 Å². The molecule has 2 rings (SSSR count). The molecular formula is C16H26N2. The Morgan fingerprint density at radius 3 is 2.33 bits per heavy atom. The van der Waals surface area contributed by atoms with Gasteiger partial charge in [0, 0.05) is 24.4 Å². The summed E-state index contributed by atoms with van der Waals surface area (Å²) in [7, 11) is 0. The third-order valence-corrected chi connectivity index (χ3v) is 3.94. The molecule has 0 spiro atoms. The zero-order valence-electron chi connectivity index (χ0n) is 12.2. The predicted molar refractivity (Wildman–Crippen MR) is 76.6 cm³/mol. The average Bonchev–Trinajstić information content (AvgIpc) is 2.27. The molecule has 18 heavy (non-hydrogen) atoms. The van der Waals surface area contributed by atoms with E-state index in [0.717, 1.165) is 13.1 Å². The lowest BCUT2D eigenvalue weighted by Crippen LogP contribution is -2.52. The molecule has 0 aromatic carbocycles. The van der Waals surface area contributed by atoms with Gasteiger partial charge in [-0.1, -0.05) is 27.7 Å². The third kappa shape index (κ3) is 2.92. The van der Waals surface area contributed by atoms with Crippen LogP contribution in [-0.4, -0.2) is 18.1 Å². The quantitative estimate of drug-likeness (QED) is 0.861. The molecule has 1 fully saturated rings. The summed E-state index contributed by atoms with van der Waals surface area (Å²) in [5.74, 6) is 0.715. The molecule has 1 aromatic rings. The molecule has 2 nitrogen and oxygen atoms in total. The Kier molecular flexibility index (Phi) is 3.76. The standard InChI is InChI=1S/C16H26N2/c1-13(2)9-18-12-16(10-15(3,4)11-16)14-5-7-17-8-6-14/h5-8,13,18H,9-12H2,1-4H3. The van der Waals surface area contributed by atoms with Gasteiger partial charge in [-0.2, -0.15) is 0 Å².